The number of benzene rings is 1. The Balaban J connectivity index is 2.01. The molecule has 21 heavy (non-hydrogen) atoms. The van der Waals surface area contributed by atoms with Gasteiger partial charge in [0.05, 0.1) is 7.11 Å². The van der Waals surface area contributed by atoms with Gasteiger partial charge in [0.1, 0.15) is 12.1 Å². The monoisotopic (exact) mass is 290 g/mol. The van der Waals surface area contributed by atoms with Crippen molar-refractivity contribution in [3.05, 3.63) is 42.0 Å². The van der Waals surface area contributed by atoms with Crippen LogP contribution >= 0.6 is 0 Å². The lowest BCUT2D eigenvalue weighted by atomic mass is 10.1. The number of halogens is 1. The van der Waals surface area contributed by atoms with Crippen molar-refractivity contribution < 1.29 is 9.13 Å². The van der Waals surface area contributed by atoms with Gasteiger partial charge in [0.15, 0.2) is 11.6 Å². The first-order valence-electron chi connectivity index (χ1n) is 6.85. The molecule has 0 atom stereocenters. The molecule has 0 aliphatic heterocycles. The molecule has 0 spiro atoms. The minimum Gasteiger partial charge on any atom is -0.490 e. The van der Waals surface area contributed by atoms with Gasteiger partial charge in [0, 0.05) is 13.1 Å². The van der Waals surface area contributed by atoms with Crippen molar-refractivity contribution in [1.82, 2.24) is 9.97 Å². The van der Waals surface area contributed by atoms with E-state index in [1.807, 2.05) is 13.0 Å². The first kappa shape index (κ1) is 15.0. The van der Waals surface area contributed by atoms with Gasteiger partial charge in [-0.3, -0.25) is 0 Å². The van der Waals surface area contributed by atoms with Gasteiger partial charge in [-0.2, -0.15) is 0 Å². The minimum absolute atomic E-state index is 0.221. The summed E-state index contributed by atoms with van der Waals surface area (Å²) in [6.07, 6.45) is 2.17. The summed E-state index contributed by atoms with van der Waals surface area (Å²) in [5.74, 6) is 1.64. The normalized spacial score (nSPS) is 10.2. The minimum atomic E-state index is -0.221. The molecule has 0 bridgehead atoms. The van der Waals surface area contributed by atoms with E-state index in [1.165, 1.54) is 18.5 Å². The molecule has 0 saturated carbocycles. The topological polar surface area (TPSA) is 59.1 Å². The van der Waals surface area contributed by atoms with Crippen LogP contribution in [0.15, 0.2) is 30.6 Å². The summed E-state index contributed by atoms with van der Waals surface area (Å²) in [4.78, 5) is 8.32. The zero-order valence-electron chi connectivity index (χ0n) is 12.2. The van der Waals surface area contributed by atoms with Crippen molar-refractivity contribution in [2.75, 3.05) is 30.8 Å². The second-order valence-electron chi connectivity index (χ2n) is 4.44. The van der Waals surface area contributed by atoms with Crippen LogP contribution in [0.1, 0.15) is 12.5 Å². The first-order valence-corrected chi connectivity index (χ1v) is 6.85. The van der Waals surface area contributed by atoms with Crippen LogP contribution in [-0.4, -0.2) is 30.2 Å². The lowest BCUT2D eigenvalue weighted by Gasteiger charge is -2.13. The van der Waals surface area contributed by atoms with Crippen LogP contribution in [0, 0.1) is 5.82 Å². The third-order valence-electron chi connectivity index (χ3n) is 2.95. The van der Waals surface area contributed by atoms with Crippen LogP contribution in [0.5, 0.6) is 5.75 Å². The van der Waals surface area contributed by atoms with Gasteiger partial charge in [0.2, 0.25) is 5.75 Å². The van der Waals surface area contributed by atoms with Crippen LogP contribution in [0.4, 0.5) is 16.0 Å². The van der Waals surface area contributed by atoms with Gasteiger partial charge in [-0.1, -0.05) is 12.1 Å². The number of nitrogens with zero attached hydrogens (tertiary/aromatic N) is 2. The van der Waals surface area contributed by atoms with Crippen LogP contribution in [0.2, 0.25) is 0 Å². The molecule has 0 aliphatic rings. The molecule has 0 unspecified atom stereocenters. The highest BCUT2D eigenvalue weighted by Crippen LogP contribution is 2.28. The molecule has 1 heterocycles. The fraction of sp³-hybridized carbons (Fsp3) is 0.333. The van der Waals surface area contributed by atoms with Gasteiger partial charge in [-0.05, 0) is 31.0 Å². The standard InChI is InChI=1S/C15H19FN4O/c1-3-17-14-13(21-2)15(20-10-19-14)18-8-7-11-5-4-6-12(16)9-11/h4-6,9-10H,3,7-8H2,1-2H3,(H2,17,18,19,20). The summed E-state index contributed by atoms with van der Waals surface area (Å²) in [7, 11) is 1.58. The van der Waals surface area contributed by atoms with E-state index >= 15 is 0 Å². The Morgan fingerprint density at radius 2 is 1.95 bits per heavy atom. The van der Waals surface area contributed by atoms with Crippen LogP contribution < -0.4 is 15.4 Å². The van der Waals surface area contributed by atoms with E-state index in [1.54, 1.807) is 13.2 Å². The maximum absolute atomic E-state index is 13.1. The average molecular weight is 290 g/mol. The molecule has 0 amide bonds. The molecular weight excluding hydrogens is 271 g/mol. The Bertz CT molecular complexity index is 592. The van der Waals surface area contributed by atoms with Crippen molar-refractivity contribution in [2.45, 2.75) is 13.3 Å². The van der Waals surface area contributed by atoms with Crippen molar-refractivity contribution >= 4 is 11.6 Å². The lowest BCUT2D eigenvalue weighted by molar-refractivity contribution is 0.414. The molecule has 5 nitrogen and oxygen atoms in total. The highest BCUT2D eigenvalue weighted by molar-refractivity contribution is 5.63. The highest BCUT2D eigenvalue weighted by atomic mass is 19.1. The van der Waals surface area contributed by atoms with Crippen LogP contribution in [-0.2, 0) is 6.42 Å². The first-order chi connectivity index (χ1) is 10.2. The summed E-state index contributed by atoms with van der Waals surface area (Å²) in [5.41, 5.74) is 0.933. The van der Waals surface area contributed by atoms with Gasteiger partial charge < -0.3 is 15.4 Å². The molecule has 2 aromatic rings. The molecule has 6 heteroatoms. The molecule has 0 radical (unpaired) electrons. The van der Waals surface area contributed by atoms with E-state index in [2.05, 4.69) is 20.6 Å². The van der Waals surface area contributed by atoms with Crippen molar-refractivity contribution in [3.8, 4) is 5.75 Å². The number of aromatic nitrogens is 2. The Kier molecular flexibility index (Phi) is 5.31. The number of rotatable bonds is 7. The number of hydrogen-bond acceptors (Lipinski definition) is 5. The summed E-state index contributed by atoms with van der Waals surface area (Å²) < 4.78 is 18.4. The predicted octanol–water partition coefficient (Wildman–Crippen LogP) is 2.71. The molecule has 0 aliphatic carbocycles. The van der Waals surface area contributed by atoms with Crippen molar-refractivity contribution in [3.63, 3.8) is 0 Å². The van der Waals surface area contributed by atoms with E-state index in [4.69, 9.17) is 4.74 Å². The third kappa shape index (κ3) is 4.05. The molecule has 2 rings (SSSR count). The molecule has 1 aromatic heterocycles. The van der Waals surface area contributed by atoms with Crippen molar-refractivity contribution in [1.29, 1.82) is 0 Å². The van der Waals surface area contributed by atoms with E-state index in [9.17, 15) is 4.39 Å². The zero-order chi connectivity index (χ0) is 15.1. The Morgan fingerprint density at radius 3 is 2.62 bits per heavy atom. The fourth-order valence-corrected chi connectivity index (χ4v) is 2.00. The van der Waals surface area contributed by atoms with Crippen LogP contribution in [0.25, 0.3) is 0 Å². The van der Waals surface area contributed by atoms with Crippen molar-refractivity contribution in [2.24, 2.45) is 0 Å². The summed E-state index contributed by atoms with van der Waals surface area (Å²) in [5, 5.41) is 6.31. The van der Waals surface area contributed by atoms with Gasteiger partial charge in [-0.15, -0.1) is 0 Å². The molecular formula is C15H19FN4O. The Hall–Kier alpha value is -2.37. The largest absolute Gasteiger partial charge is 0.490 e. The number of anilines is 2. The maximum Gasteiger partial charge on any atom is 0.204 e. The van der Waals surface area contributed by atoms with E-state index in [-0.39, 0.29) is 5.82 Å². The molecule has 0 saturated heterocycles. The van der Waals surface area contributed by atoms with Crippen LogP contribution in [0.3, 0.4) is 0 Å². The zero-order valence-corrected chi connectivity index (χ0v) is 12.2. The second kappa shape index (κ2) is 7.42. The lowest BCUT2D eigenvalue weighted by Crippen LogP contribution is -2.10. The van der Waals surface area contributed by atoms with E-state index in [0.29, 0.717) is 30.4 Å². The third-order valence-corrected chi connectivity index (χ3v) is 2.95. The number of nitrogens with one attached hydrogen (secondary N) is 2. The number of ether oxygens (including phenoxy) is 1. The summed E-state index contributed by atoms with van der Waals surface area (Å²) in [6, 6.07) is 6.57. The predicted molar refractivity (Wildman–Crippen MR) is 81.3 cm³/mol. The molecule has 1 aromatic carbocycles. The fourth-order valence-electron chi connectivity index (χ4n) is 2.00. The average Bonchev–Trinajstić information content (AvgIpc) is 2.48. The Morgan fingerprint density at radius 1 is 1.19 bits per heavy atom. The van der Waals surface area contributed by atoms with Gasteiger partial charge in [-0.25, -0.2) is 14.4 Å². The Labute approximate surface area is 123 Å². The number of methoxy groups -OCH3 is 1. The quantitative estimate of drug-likeness (QED) is 0.821. The highest BCUT2D eigenvalue weighted by Gasteiger charge is 2.10. The number of hydrogen-bond donors (Lipinski definition) is 2. The molecule has 2 N–H and O–H groups in total. The maximum atomic E-state index is 13.1. The van der Waals surface area contributed by atoms with Gasteiger partial charge in [0.25, 0.3) is 0 Å². The van der Waals surface area contributed by atoms with E-state index in [0.717, 1.165) is 12.1 Å². The smallest absolute Gasteiger partial charge is 0.204 e. The molecule has 0 fully saturated rings. The van der Waals surface area contributed by atoms with E-state index < -0.39 is 0 Å². The molecule has 112 valence electrons. The van der Waals surface area contributed by atoms with Gasteiger partial charge >= 0.3 is 0 Å². The SMILES string of the molecule is CCNc1ncnc(NCCc2cccc(F)c2)c1OC. The summed E-state index contributed by atoms with van der Waals surface area (Å²) in [6.45, 7) is 3.36. The summed E-state index contributed by atoms with van der Waals surface area (Å²) >= 11 is 0. The second-order valence-corrected chi connectivity index (χ2v) is 4.44.